The van der Waals surface area contributed by atoms with E-state index in [9.17, 15) is 0 Å². The number of fused-ring (bicyclic) bond motifs is 1. The third kappa shape index (κ3) is 1.10. The molecule has 2 aromatic rings. The van der Waals surface area contributed by atoms with Crippen molar-refractivity contribution in [1.29, 1.82) is 0 Å². The maximum Gasteiger partial charge on any atom is 0 e. The van der Waals surface area contributed by atoms with Gasteiger partial charge in [-0.3, -0.25) is 0 Å². The van der Waals surface area contributed by atoms with Crippen molar-refractivity contribution in [2.75, 3.05) is 0 Å². The molecule has 0 aromatic heterocycles. The number of rotatable bonds is 0. The van der Waals surface area contributed by atoms with E-state index in [1.807, 2.05) is 0 Å². The summed E-state index contributed by atoms with van der Waals surface area (Å²) < 4.78 is 0. The zero-order chi connectivity index (χ0) is 6.10. The summed E-state index contributed by atoms with van der Waals surface area (Å²) in [7, 11) is 0. The first-order chi connectivity index (χ1) is 4.47. The zero-order valence-corrected chi connectivity index (χ0v) is 6.35. The molecule has 1 heteroatoms. The molecule has 0 aliphatic carbocycles. The predicted molar refractivity (Wildman–Crippen MR) is 39.5 cm³/mol. The third-order valence-corrected chi connectivity index (χ3v) is 1.55. The van der Waals surface area contributed by atoms with Crippen LogP contribution in [0.4, 0.5) is 0 Å². The van der Waals surface area contributed by atoms with Gasteiger partial charge >= 0.3 is 0 Å². The minimum atomic E-state index is 0. The van der Waals surface area contributed by atoms with Gasteiger partial charge in [0.1, 0.15) is 0 Å². The first-order valence-electron chi connectivity index (χ1n) is 3.07. The summed E-state index contributed by atoms with van der Waals surface area (Å²) in [5.74, 6) is 0. The molecule has 2 aromatic carbocycles. The molecule has 0 nitrogen and oxygen atoms in total. The quantitative estimate of drug-likeness (QED) is 0.425. The van der Waals surface area contributed by atoms with Gasteiger partial charge < -0.3 is 0 Å². The summed E-state index contributed by atoms with van der Waals surface area (Å²) in [6, 6.07) is 14.7. The van der Waals surface area contributed by atoms with E-state index in [-0.39, 0.29) is 16.5 Å². The molecule has 2 rings (SSSR count). The summed E-state index contributed by atoms with van der Waals surface area (Å²) in [5.41, 5.74) is 0. The van der Waals surface area contributed by atoms with Gasteiger partial charge in [0.05, 0.1) is 0 Å². The standard InChI is InChI=1S/C9H7.Ni/c1-2-5-9-7-3-6-8(9)4-1;/h1-7H;/q-1;. The Bertz CT molecular complexity index is 279. The molecular formula is C9H7Ni-. The first-order valence-corrected chi connectivity index (χ1v) is 3.07. The molecule has 0 aliphatic rings. The molecule has 0 N–H and O–H groups in total. The number of hydrogen-bond acceptors (Lipinski definition) is 0. The fourth-order valence-electron chi connectivity index (χ4n) is 1.07. The van der Waals surface area contributed by atoms with Gasteiger partial charge in [-0.15, -0.1) is 29.7 Å². The summed E-state index contributed by atoms with van der Waals surface area (Å²) in [6.45, 7) is 0. The predicted octanol–water partition coefficient (Wildman–Crippen LogP) is 2.56. The molecule has 0 saturated carbocycles. The number of hydrogen-bond donors (Lipinski definition) is 0. The first kappa shape index (κ1) is 7.43. The van der Waals surface area contributed by atoms with Crippen molar-refractivity contribution in [3.63, 3.8) is 0 Å². The molecule has 0 atom stereocenters. The summed E-state index contributed by atoms with van der Waals surface area (Å²) in [5, 5.41) is 2.66. The molecular weight excluding hydrogens is 167 g/mol. The second kappa shape index (κ2) is 2.94. The van der Waals surface area contributed by atoms with E-state index in [0.717, 1.165) is 0 Å². The van der Waals surface area contributed by atoms with E-state index >= 15 is 0 Å². The van der Waals surface area contributed by atoms with Gasteiger partial charge in [0.25, 0.3) is 0 Å². The van der Waals surface area contributed by atoms with Crippen molar-refractivity contribution in [3.05, 3.63) is 42.5 Å². The molecule has 0 bridgehead atoms. The van der Waals surface area contributed by atoms with Crippen molar-refractivity contribution >= 4 is 10.8 Å². The minimum absolute atomic E-state index is 0. The van der Waals surface area contributed by atoms with E-state index in [0.29, 0.717) is 0 Å². The monoisotopic (exact) mass is 173 g/mol. The molecule has 54 valence electrons. The van der Waals surface area contributed by atoms with Crippen LogP contribution in [0.3, 0.4) is 0 Å². The van der Waals surface area contributed by atoms with Crippen LogP contribution in [0.25, 0.3) is 10.8 Å². The summed E-state index contributed by atoms with van der Waals surface area (Å²) >= 11 is 0. The third-order valence-electron chi connectivity index (χ3n) is 1.55. The van der Waals surface area contributed by atoms with Crippen LogP contribution in [0.5, 0.6) is 0 Å². The van der Waals surface area contributed by atoms with Gasteiger partial charge in [0.2, 0.25) is 0 Å². The molecule has 0 aliphatic heterocycles. The molecule has 0 radical (unpaired) electrons. The summed E-state index contributed by atoms with van der Waals surface area (Å²) in [4.78, 5) is 0. The zero-order valence-electron chi connectivity index (χ0n) is 5.36. The minimum Gasteiger partial charge on any atom is -0.168 e. The maximum absolute atomic E-state index is 2.12. The Morgan fingerprint density at radius 3 is 2.60 bits per heavy atom. The smallest absolute Gasteiger partial charge is 0 e. The Balaban J connectivity index is 0.000000500. The Labute approximate surface area is 70.1 Å². The van der Waals surface area contributed by atoms with Crippen LogP contribution in [-0.2, 0) is 16.5 Å². The fraction of sp³-hybridized carbons (Fsp3) is 0. The molecule has 0 amide bonds. The molecule has 0 fully saturated rings. The van der Waals surface area contributed by atoms with Crippen LogP contribution >= 0.6 is 0 Å². The molecule has 0 saturated heterocycles. The SMILES string of the molecule is [Ni].c1ccc2[cH-]ccc2c1. The van der Waals surface area contributed by atoms with Gasteiger partial charge in [-0.25, -0.2) is 0 Å². The second-order valence-corrected chi connectivity index (χ2v) is 2.15. The molecule has 0 unspecified atom stereocenters. The Hall–Kier alpha value is -0.676. The fourth-order valence-corrected chi connectivity index (χ4v) is 1.07. The van der Waals surface area contributed by atoms with E-state index in [4.69, 9.17) is 0 Å². The molecule has 0 spiro atoms. The summed E-state index contributed by atoms with van der Waals surface area (Å²) in [6.07, 6.45) is 0. The van der Waals surface area contributed by atoms with Gasteiger partial charge in [-0.05, 0) is 0 Å². The average molecular weight is 174 g/mol. The van der Waals surface area contributed by atoms with E-state index in [1.165, 1.54) is 10.8 Å². The van der Waals surface area contributed by atoms with Gasteiger partial charge in [0.15, 0.2) is 0 Å². The van der Waals surface area contributed by atoms with Crippen molar-refractivity contribution in [1.82, 2.24) is 0 Å². The molecule has 0 heterocycles. The normalized spacial score (nSPS) is 9.20. The average Bonchev–Trinajstić information content (AvgIpc) is 2.33. The Kier molecular flexibility index (Phi) is 2.18. The number of benzene rings is 1. The van der Waals surface area contributed by atoms with Gasteiger partial charge in [0, 0.05) is 16.5 Å². The van der Waals surface area contributed by atoms with Crippen LogP contribution in [0.15, 0.2) is 42.5 Å². The maximum atomic E-state index is 2.12. The van der Waals surface area contributed by atoms with E-state index < -0.39 is 0 Å². The van der Waals surface area contributed by atoms with Gasteiger partial charge in [-0.1, -0.05) is 6.07 Å². The van der Waals surface area contributed by atoms with Crippen molar-refractivity contribution in [3.8, 4) is 0 Å². The van der Waals surface area contributed by atoms with Crippen LogP contribution < -0.4 is 0 Å². The van der Waals surface area contributed by atoms with Crippen LogP contribution in [0, 0.1) is 0 Å². The van der Waals surface area contributed by atoms with Crippen molar-refractivity contribution in [2.24, 2.45) is 0 Å². The topological polar surface area (TPSA) is 0 Å². The largest absolute Gasteiger partial charge is 0.168 e. The van der Waals surface area contributed by atoms with Gasteiger partial charge in [-0.2, -0.15) is 17.5 Å². The van der Waals surface area contributed by atoms with E-state index in [1.54, 1.807) is 0 Å². The Morgan fingerprint density at radius 1 is 1.00 bits per heavy atom. The van der Waals surface area contributed by atoms with Crippen LogP contribution in [0.2, 0.25) is 0 Å². The Morgan fingerprint density at radius 2 is 1.80 bits per heavy atom. The van der Waals surface area contributed by atoms with Crippen LogP contribution in [-0.4, -0.2) is 0 Å². The molecule has 10 heavy (non-hydrogen) atoms. The second-order valence-electron chi connectivity index (χ2n) is 2.15. The van der Waals surface area contributed by atoms with Crippen molar-refractivity contribution in [2.45, 2.75) is 0 Å². The van der Waals surface area contributed by atoms with E-state index in [2.05, 4.69) is 42.5 Å². The van der Waals surface area contributed by atoms with Crippen LogP contribution in [0.1, 0.15) is 0 Å². The van der Waals surface area contributed by atoms with Crippen molar-refractivity contribution < 1.29 is 16.5 Å².